The maximum Gasteiger partial charge on any atom is 0.526 e. The van der Waals surface area contributed by atoms with E-state index in [4.69, 9.17) is 4.74 Å². The number of alkyl halides is 3. The van der Waals surface area contributed by atoms with Gasteiger partial charge in [-0.1, -0.05) is 67.6 Å². The van der Waals surface area contributed by atoms with E-state index in [0.717, 1.165) is 5.56 Å². The van der Waals surface area contributed by atoms with Crippen LogP contribution in [0.2, 0.25) is 0 Å². The van der Waals surface area contributed by atoms with E-state index >= 15 is 0 Å². The third kappa shape index (κ3) is 5.35. The molecule has 1 aliphatic rings. The fraction of sp³-hybridized carbons (Fsp3) is 0.292. The van der Waals surface area contributed by atoms with Crippen molar-refractivity contribution in [2.24, 2.45) is 5.41 Å². The van der Waals surface area contributed by atoms with Gasteiger partial charge in [-0.2, -0.15) is 0 Å². The van der Waals surface area contributed by atoms with Crippen LogP contribution < -0.4 is 4.74 Å². The van der Waals surface area contributed by atoms with Gasteiger partial charge >= 0.3 is 12.3 Å². The van der Waals surface area contributed by atoms with Crippen molar-refractivity contribution in [3.8, 4) is 5.75 Å². The van der Waals surface area contributed by atoms with Gasteiger partial charge < -0.3 is 9.84 Å². The summed E-state index contributed by atoms with van der Waals surface area (Å²) in [7, 11) is 0. The molecule has 0 fully saturated rings. The van der Waals surface area contributed by atoms with Crippen LogP contribution in [0.3, 0.4) is 0 Å². The first-order valence-corrected chi connectivity index (χ1v) is 9.85. The average Bonchev–Trinajstić information content (AvgIpc) is 2.72. The number of carboxylic acid groups (broad SMARTS) is 1. The van der Waals surface area contributed by atoms with Crippen molar-refractivity contribution in [3.05, 3.63) is 90.0 Å². The average molecular weight is 432 g/mol. The minimum atomic E-state index is -4.99. The van der Waals surface area contributed by atoms with Gasteiger partial charge in [0, 0.05) is 6.42 Å². The number of para-hydroxylation sites is 1. The summed E-state index contributed by atoms with van der Waals surface area (Å²) < 4.78 is 50.1. The van der Waals surface area contributed by atoms with E-state index in [1.165, 1.54) is 24.3 Å². The minimum Gasteiger partial charge on any atom is -0.481 e. The van der Waals surface area contributed by atoms with Crippen LogP contribution in [-0.4, -0.2) is 23.2 Å². The quantitative estimate of drug-likeness (QED) is 0.527. The van der Waals surface area contributed by atoms with Gasteiger partial charge in [0.15, 0.2) is 0 Å². The van der Waals surface area contributed by atoms with Crippen LogP contribution in [0.15, 0.2) is 84.5 Å². The van der Waals surface area contributed by atoms with Crippen molar-refractivity contribution >= 4 is 5.97 Å². The van der Waals surface area contributed by atoms with Crippen LogP contribution in [-0.2, 0) is 16.0 Å². The standard InChI is InChI=1S/C24H23F3O4/c1-2-22(21(28)29,16-18-10-5-3-6-11-18)19-12-9-15-23(17-19,31-24(25,26)27)30-20-13-7-4-8-14-20/h3-15H,2,16-17H2,1H3,(H,28,29). The van der Waals surface area contributed by atoms with Crippen LogP contribution in [0.1, 0.15) is 25.3 Å². The molecule has 2 aromatic carbocycles. The van der Waals surface area contributed by atoms with E-state index in [9.17, 15) is 23.1 Å². The van der Waals surface area contributed by atoms with Gasteiger partial charge in [-0.25, -0.2) is 4.74 Å². The number of halogens is 3. The van der Waals surface area contributed by atoms with Gasteiger partial charge in [0.05, 0.1) is 5.41 Å². The number of carbonyl (C=O) groups is 1. The molecule has 0 saturated heterocycles. The lowest BCUT2D eigenvalue weighted by molar-refractivity contribution is -0.389. The van der Waals surface area contributed by atoms with Crippen molar-refractivity contribution in [2.45, 2.75) is 38.3 Å². The number of aliphatic carboxylic acids is 1. The summed E-state index contributed by atoms with van der Waals surface area (Å²) in [5.74, 6) is -3.14. The van der Waals surface area contributed by atoms with Crippen molar-refractivity contribution in [1.82, 2.24) is 0 Å². The second-order valence-corrected chi connectivity index (χ2v) is 7.41. The predicted molar refractivity (Wildman–Crippen MR) is 109 cm³/mol. The molecule has 164 valence electrons. The Balaban J connectivity index is 2.00. The summed E-state index contributed by atoms with van der Waals surface area (Å²) in [6, 6.07) is 17.0. The molecule has 7 heteroatoms. The summed E-state index contributed by atoms with van der Waals surface area (Å²) in [4.78, 5) is 12.4. The maximum absolute atomic E-state index is 13.3. The molecule has 0 bridgehead atoms. The first-order valence-electron chi connectivity index (χ1n) is 9.85. The highest BCUT2D eigenvalue weighted by Gasteiger charge is 2.50. The van der Waals surface area contributed by atoms with Crippen LogP contribution >= 0.6 is 0 Å². The Morgan fingerprint density at radius 3 is 2.23 bits per heavy atom. The van der Waals surface area contributed by atoms with Crippen LogP contribution in [0.5, 0.6) is 5.75 Å². The van der Waals surface area contributed by atoms with E-state index in [1.807, 2.05) is 6.07 Å². The number of carboxylic acids is 1. The highest BCUT2D eigenvalue weighted by molar-refractivity contribution is 5.79. The Bertz CT molecular complexity index is 954. The fourth-order valence-electron chi connectivity index (χ4n) is 3.84. The molecule has 0 aromatic heterocycles. The zero-order chi connectivity index (χ0) is 22.5. The highest BCUT2D eigenvalue weighted by Crippen LogP contribution is 2.45. The third-order valence-corrected chi connectivity index (χ3v) is 5.38. The molecule has 0 amide bonds. The summed E-state index contributed by atoms with van der Waals surface area (Å²) in [6.07, 6.45) is -0.971. The predicted octanol–water partition coefficient (Wildman–Crippen LogP) is 5.91. The van der Waals surface area contributed by atoms with Crippen molar-refractivity contribution in [3.63, 3.8) is 0 Å². The van der Waals surface area contributed by atoms with Gasteiger partial charge in [0.25, 0.3) is 0 Å². The first kappa shape index (κ1) is 22.6. The first-order chi connectivity index (χ1) is 14.7. The van der Waals surface area contributed by atoms with E-state index in [2.05, 4.69) is 4.74 Å². The fourth-order valence-corrected chi connectivity index (χ4v) is 3.84. The largest absolute Gasteiger partial charge is 0.526 e. The topological polar surface area (TPSA) is 55.8 Å². The van der Waals surface area contributed by atoms with Gasteiger partial charge in [0.1, 0.15) is 5.75 Å². The smallest absolute Gasteiger partial charge is 0.481 e. The highest BCUT2D eigenvalue weighted by atomic mass is 19.4. The molecular formula is C24H23F3O4. The minimum absolute atomic E-state index is 0.132. The Labute approximate surface area is 178 Å². The van der Waals surface area contributed by atoms with Crippen molar-refractivity contribution in [2.75, 3.05) is 0 Å². The summed E-state index contributed by atoms with van der Waals surface area (Å²) in [5, 5.41) is 10.2. The monoisotopic (exact) mass is 432 g/mol. The normalized spacial score (nSPS) is 20.6. The van der Waals surface area contributed by atoms with E-state index in [-0.39, 0.29) is 25.0 Å². The summed E-state index contributed by atoms with van der Waals surface area (Å²) >= 11 is 0. The Morgan fingerprint density at radius 2 is 1.68 bits per heavy atom. The molecular weight excluding hydrogens is 409 g/mol. The number of rotatable bonds is 8. The molecule has 2 atom stereocenters. The van der Waals surface area contributed by atoms with E-state index < -0.39 is 23.5 Å². The maximum atomic E-state index is 13.3. The molecule has 3 rings (SSSR count). The number of hydrogen-bond donors (Lipinski definition) is 1. The lowest BCUT2D eigenvalue weighted by Crippen LogP contribution is -2.46. The lowest BCUT2D eigenvalue weighted by atomic mass is 9.69. The number of hydrogen-bond acceptors (Lipinski definition) is 3. The summed E-state index contributed by atoms with van der Waals surface area (Å²) in [5.41, 5.74) is -0.339. The van der Waals surface area contributed by atoms with Crippen molar-refractivity contribution < 1.29 is 32.5 Å². The molecule has 1 aliphatic carbocycles. The molecule has 4 nitrogen and oxygen atoms in total. The second-order valence-electron chi connectivity index (χ2n) is 7.41. The zero-order valence-electron chi connectivity index (χ0n) is 16.9. The van der Waals surface area contributed by atoms with Crippen LogP contribution in [0.4, 0.5) is 13.2 Å². The second kappa shape index (κ2) is 8.98. The molecule has 1 N–H and O–H groups in total. The SMILES string of the molecule is CCC(Cc1ccccc1)(C(=O)O)C1=CC=CC(Oc2ccccc2)(OC(F)(F)F)C1. The number of allylic oxidation sites excluding steroid dienone is 2. The molecule has 31 heavy (non-hydrogen) atoms. The van der Waals surface area contributed by atoms with E-state index in [1.54, 1.807) is 55.5 Å². The Hall–Kier alpha value is -3.06. The number of ether oxygens (including phenoxy) is 2. The molecule has 2 unspecified atom stereocenters. The van der Waals surface area contributed by atoms with Gasteiger partial charge in [-0.05, 0) is 42.2 Å². The van der Waals surface area contributed by atoms with Crippen LogP contribution in [0, 0.1) is 5.41 Å². The zero-order valence-corrected chi connectivity index (χ0v) is 16.9. The molecule has 0 radical (unpaired) electrons. The van der Waals surface area contributed by atoms with Crippen LogP contribution in [0.25, 0.3) is 0 Å². The van der Waals surface area contributed by atoms with Gasteiger partial charge in [0.2, 0.25) is 5.79 Å². The van der Waals surface area contributed by atoms with Gasteiger partial charge in [-0.15, -0.1) is 13.2 Å². The third-order valence-electron chi connectivity index (χ3n) is 5.38. The van der Waals surface area contributed by atoms with E-state index in [0.29, 0.717) is 5.57 Å². The Kier molecular flexibility index (Phi) is 6.55. The summed E-state index contributed by atoms with van der Waals surface area (Å²) in [6.45, 7) is 1.71. The molecule has 0 heterocycles. The van der Waals surface area contributed by atoms with Crippen molar-refractivity contribution in [1.29, 1.82) is 0 Å². The van der Waals surface area contributed by atoms with Gasteiger partial charge in [-0.3, -0.25) is 4.79 Å². The number of benzene rings is 2. The molecule has 0 saturated carbocycles. The lowest BCUT2D eigenvalue weighted by Gasteiger charge is -2.39. The molecule has 0 spiro atoms. The molecule has 2 aromatic rings. The molecule has 0 aliphatic heterocycles. The Morgan fingerprint density at radius 1 is 1.06 bits per heavy atom.